The van der Waals surface area contributed by atoms with E-state index in [9.17, 15) is 14.7 Å². The zero-order valence-electron chi connectivity index (χ0n) is 18.3. The molecule has 2 heterocycles. The molecule has 7 nitrogen and oxygen atoms in total. The highest BCUT2D eigenvalue weighted by Crippen LogP contribution is 2.42. The Morgan fingerprint density at radius 2 is 1.71 bits per heavy atom. The number of rotatable bonds is 6. The first-order valence-corrected chi connectivity index (χ1v) is 11.0. The lowest BCUT2D eigenvalue weighted by atomic mass is 9.98. The van der Waals surface area contributed by atoms with E-state index in [1.807, 2.05) is 0 Å². The number of ketones is 1. The third-order valence-electron chi connectivity index (χ3n) is 5.50. The molecule has 4 rings (SSSR count). The van der Waals surface area contributed by atoms with Crippen molar-refractivity contribution < 1.29 is 24.2 Å². The van der Waals surface area contributed by atoms with Crippen molar-refractivity contribution in [2.45, 2.75) is 12.6 Å². The number of carbonyl (C=O) groups is 2. The number of aliphatic hydroxyl groups is 1. The summed E-state index contributed by atoms with van der Waals surface area (Å²) in [5.41, 5.74) is 1.29. The molecule has 0 spiro atoms. The van der Waals surface area contributed by atoms with Gasteiger partial charge in [0.25, 0.3) is 11.7 Å². The number of aromatic nitrogens is 1. The number of methoxy groups -OCH3 is 2. The van der Waals surface area contributed by atoms with Crippen molar-refractivity contribution in [1.82, 2.24) is 9.88 Å². The zero-order chi connectivity index (χ0) is 24.4. The summed E-state index contributed by atoms with van der Waals surface area (Å²) in [6, 6.07) is 14.2. The van der Waals surface area contributed by atoms with Gasteiger partial charge < -0.3 is 19.5 Å². The number of likely N-dealkylation sites (tertiary alicyclic amines) is 1. The lowest BCUT2D eigenvalue weighted by Gasteiger charge is -2.24. The van der Waals surface area contributed by atoms with Crippen LogP contribution in [0.25, 0.3) is 5.76 Å². The van der Waals surface area contributed by atoms with Crippen LogP contribution in [0.2, 0.25) is 10.0 Å². The van der Waals surface area contributed by atoms with Crippen molar-refractivity contribution >= 4 is 40.7 Å². The maximum Gasteiger partial charge on any atom is 0.296 e. The van der Waals surface area contributed by atoms with Crippen molar-refractivity contribution in [3.8, 4) is 11.5 Å². The molecule has 1 amide bonds. The molecule has 1 unspecified atom stereocenters. The Morgan fingerprint density at radius 3 is 2.26 bits per heavy atom. The summed E-state index contributed by atoms with van der Waals surface area (Å²) in [6.45, 7) is 0.122. The molecule has 34 heavy (non-hydrogen) atoms. The van der Waals surface area contributed by atoms with Crippen molar-refractivity contribution in [2.24, 2.45) is 0 Å². The first-order chi connectivity index (χ1) is 16.3. The van der Waals surface area contributed by atoms with Crippen LogP contribution in [0.4, 0.5) is 0 Å². The van der Waals surface area contributed by atoms with Gasteiger partial charge in [-0.25, -0.2) is 0 Å². The highest BCUT2D eigenvalue weighted by atomic mass is 35.5. The zero-order valence-corrected chi connectivity index (χ0v) is 19.8. The van der Waals surface area contributed by atoms with E-state index in [1.54, 1.807) is 55.8 Å². The van der Waals surface area contributed by atoms with Crippen LogP contribution in [0.3, 0.4) is 0 Å². The van der Waals surface area contributed by atoms with E-state index in [2.05, 4.69) is 4.98 Å². The number of hydrogen-bond donors (Lipinski definition) is 1. The second-order valence-electron chi connectivity index (χ2n) is 7.50. The van der Waals surface area contributed by atoms with Gasteiger partial charge in [0.2, 0.25) is 0 Å². The monoisotopic (exact) mass is 498 g/mol. The van der Waals surface area contributed by atoms with Gasteiger partial charge in [0.05, 0.1) is 35.5 Å². The Hall–Kier alpha value is -3.55. The molecular formula is C25H20Cl2N2O5. The predicted molar refractivity (Wildman–Crippen MR) is 128 cm³/mol. The quantitative estimate of drug-likeness (QED) is 0.291. The number of halogens is 2. The van der Waals surface area contributed by atoms with E-state index in [0.29, 0.717) is 11.4 Å². The van der Waals surface area contributed by atoms with Crippen LogP contribution in [0.1, 0.15) is 22.9 Å². The van der Waals surface area contributed by atoms with Crippen LogP contribution in [-0.2, 0) is 16.1 Å². The smallest absolute Gasteiger partial charge is 0.296 e. The van der Waals surface area contributed by atoms with Crippen molar-refractivity contribution in [3.63, 3.8) is 0 Å². The molecule has 1 aliphatic heterocycles. The van der Waals surface area contributed by atoms with Gasteiger partial charge in [-0.2, -0.15) is 0 Å². The number of amides is 1. The summed E-state index contributed by atoms with van der Waals surface area (Å²) >= 11 is 12.5. The molecule has 0 aliphatic carbocycles. The van der Waals surface area contributed by atoms with Gasteiger partial charge in [-0.1, -0.05) is 41.4 Å². The molecular weight excluding hydrogens is 479 g/mol. The summed E-state index contributed by atoms with van der Waals surface area (Å²) in [5.74, 6) is -1.08. The Kier molecular flexibility index (Phi) is 6.77. The molecule has 2 aromatic carbocycles. The second kappa shape index (κ2) is 9.75. The topological polar surface area (TPSA) is 89.0 Å². The van der Waals surface area contributed by atoms with E-state index in [1.165, 1.54) is 24.1 Å². The Labute approximate surface area is 206 Å². The van der Waals surface area contributed by atoms with Gasteiger partial charge in [0.15, 0.2) is 5.75 Å². The normalized spacial score (nSPS) is 17.2. The molecule has 1 fully saturated rings. The molecule has 0 saturated carbocycles. The Bertz CT molecular complexity index is 1250. The van der Waals surface area contributed by atoms with Crippen LogP contribution < -0.4 is 9.47 Å². The number of Topliss-reactive ketones (excluding diaryl/α,β-unsaturated/α-hetero) is 1. The minimum atomic E-state index is -0.914. The average Bonchev–Trinajstić information content (AvgIpc) is 3.09. The maximum absolute atomic E-state index is 13.2. The fourth-order valence-corrected chi connectivity index (χ4v) is 4.50. The molecule has 0 radical (unpaired) electrons. The van der Waals surface area contributed by atoms with Crippen LogP contribution in [0.5, 0.6) is 11.5 Å². The van der Waals surface area contributed by atoms with Crippen molar-refractivity contribution in [3.05, 3.63) is 93.2 Å². The second-order valence-corrected chi connectivity index (χ2v) is 8.32. The third-order valence-corrected chi connectivity index (χ3v) is 6.06. The molecule has 9 heteroatoms. The van der Waals surface area contributed by atoms with E-state index >= 15 is 0 Å². The highest BCUT2D eigenvalue weighted by Gasteiger charge is 2.46. The van der Waals surface area contributed by atoms with Gasteiger partial charge in [0, 0.05) is 18.3 Å². The van der Waals surface area contributed by atoms with E-state index in [-0.39, 0.29) is 33.5 Å². The first-order valence-electron chi connectivity index (χ1n) is 10.2. The highest BCUT2D eigenvalue weighted by molar-refractivity contribution is 6.46. The Morgan fingerprint density at radius 1 is 1.03 bits per heavy atom. The molecule has 1 saturated heterocycles. The largest absolute Gasteiger partial charge is 0.507 e. The van der Waals surface area contributed by atoms with Crippen molar-refractivity contribution in [1.29, 1.82) is 0 Å². The third kappa shape index (κ3) is 4.32. The number of pyridine rings is 1. The average molecular weight is 499 g/mol. The summed E-state index contributed by atoms with van der Waals surface area (Å²) < 4.78 is 10.3. The number of ether oxygens (including phenoxy) is 2. The SMILES string of the molecule is COc1ccc(CN2C(=O)C(=O)/C(=C(/O)c3cc(Cl)c(OC)c(Cl)c3)C2c2ccccn2)cc1. The number of hydrogen-bond acceptors (Lipinski definition) is 6. The fraction of sp³-hybridized carbons (Fsp3) is 0.160. The van der Waals surface area contributed by atoms with E-state index in [4.69, 9.17) is 32.7 Å². The van der Waals surface area contributed by atoms with Crippen LogP contribution >= 0.6 is 23.2 Å². The molecule has 1 N–H and O–H groups in total. The molecule has 174 valence electrons. The van der Waals surface area contributed by atoms with Gasteiger partial charge in [-0.05, 0) is 42.0 Å². The van der Waals surface area contributed by atoms with Crippen LogP contribution in [0.15, 0.2) is 66.4 Å². The number of aliphatic hydroxyl groups excluding tert-OH is 1. The number of benzene rings is 2. The maximum atomic E-state index is 13.2. The van der Waals surface area contributed by atoms with E-state index in [0.717, 1.165) is 5.56 Å². The summed E-state index contributed by atoms with van der Waals surface area (Å²) in [7, 11) is 2.98. The molecule has 1 aliphatic rings. The van der Waals surface area contributed by atoms with Gasteiger partial charge >= 0.3 is 0 Å². The van der Waals surface area contributed by atoms with Crippen molar-refractivity contribution in [2.75, 3.05) is 14.2 Å². The number of nitrogens with zero attached hydrogens (tertiary/aromatic N) is 2. The minimum Gasteiger partial charge on any atom is -0.507 e. The number of carbonyl (C=O) groups excluding carboxylic acids is 2. The van der Waals surface area contributed by atoms with Crippen LogP contribution in [0, 0.1) is 0 Å². The standard InChI is InChI=1S/C25H20Cl2N2O5/c1-33-16-8-6-14(7-9-16)13-29-21(19-5-3-4-10-28-19)20(23(31)25(29)32)22(30)15-11-17(26)24(34-2)18(27)12-15/h3-12,21,30H,13H2,1-2H3/b22-20+. The first kappa shape index (κ1) is 23.6. The Balaban J connectivity index is 1.84. The molecule has 3 aromatic rings. The lowest BCUT2D eigenvalue weighted by Crippen LogP contribution is -2.29. The van der Waals surface area contributed by atoms with E-state index < -0.39 is 23.5 Å². The summed E-state index contributed by atoms with van der Waals surface area (Å²) in [5, 5.41) is 11.5. The van der Waals surface area contributed by atoms with Gasteiger partial charge in [0.1, 0.15) is 17.6 Å². The van der Waals surface area contributed by atoms with Crippen LogP contribution in [-0.4, -0.2) is 40.9 Å². The summed E-state index contributed by atoms with van der Waals surface area (Å²) in [4.78, 5) is 32.0. The molecule has 1 aromatic heterocycles. The predicted octanol–water partition coefficient (Wildman–Crippen LogP) is 5.03. The minimum absolute atomic E-state index is 0.102. The molecule has 0 bridgehead atoms. The fourth-order valence-electron chi connectivity index (χ4n) is 3.86. The van der Waals surface area contributed by atoms with Gasteiger partial charge in [-0.3, -0.25) is 14.6 Å². The lowest BCUT2D eigenvalue weighted by molar-refractivity contribution is -0.140. The van der Waals surface area contributed by atoms with Gasteiger partial charge in [-0.15, -0.1) is 0 Å². The summed E-state index contributed by atoms with van der Waals surface area (Å²) in [6.07, 6.45) is 1.56. The molecule has 1 atom stereocenters.